The number of aliphatic hydroxyl groups is 2. The number of phenolic OH excluding ortho intramolecular Hbond substituents is 1. The molecular weight excluding hydrogens is 530 g/mol. The van der Waals surface area contributed by atoms with Crippen molar-refractivity contribution >= 4 is 23.8 Å². The second kappa shape index (κ2) is 9.86. The van der Waals surface area contributed by atoms with E-state index in [0.717, 1.165) is 5.56 Å². The van der Waals surface area contributed by atoms with Gasteiger partial charge in [0.2, 0.25) is 5.78 Å². The molecule has 212 valence electrons. The predicted molar refractivity (Wildman–Crippen MR) is 147 cm³/mol. The first-order chi connectivity index (χ1) is 19.4. The van der Waals surface area contributed by atoms with Gasteiger partial charge in [-0.15, -0.1) is 4.91 Å². The van der Waals surface area contributed by atoms with Crippen LogP contribution in [0.25, 0.3) is 11.1 Å². The number of aryl methyl sites for hydroxylation is 1. The molecule has 3 aliphatic rings. The fourth-order valence-corrected chi connectivity index (χ4v) is 6.85. The van der Waals surface area contributed by atoms with Gasteiger partial charge in [0.15, 0.2) is 11.4 Å². The zero-order valence-corrected chi connectivity index (χ0v) is 22.7. The Morgan fingerprint density at radius 3 is 2.46 bits per heavy atom. The van der Waals surface area contributed by atoms with Crippen molar-refractivity contribution in [3.05, 3.63) is 80.1 Å². The number of aromatic hydroxyl groups is 1. The van der Waals surface area contributed by atoms with Crippen LogP contribution < -0.4 is 5.73 Å². The molecule has 0 fully saturated rings. The topological polar surface area (TPSA) is 188 Å². The average molecular weight is 560 g/mol. The Morgan fingerprint density at radius 2 is 1.88 bits per heavy atom. The number of nitroso groups, excluding NO2 is 1. The SMILES string of the molecule is CCc1ccc(C=O)cc1-c1ccc(O)c2c1C[C@H]1C[C@H]3[C@H](N(C)C)C(O)=C(C(N)=O)C(=O)[C@@]3(O)C(N=O)=C1C2=O. The molecule has 11 heteroatoms. The van der Waals surface area contributed by atoms with E-state index in [1.807, 2.05) is 13.0 Å². The largest absolute Gasteiger partial charge is 0.510 e. The number of benzene rings is 2. The van der Waals surface area contributed by atoms with Gasteiger partial charge < -0.3 is 21.1 Å². The number of fused-ring (bicyclic) bond motifs is 3. The van der Waals surface area contributed by atoms with E-state index in [1.165, 1.54) is 11.0 Å². The maximum Gasteiger partial charge on any atom is 0.255 e. The lowest BCUT2D eigenvalue weighted by Gasteiger charge is -2.50. The van der Waals surface area contributed by atoms with Crippen molar-refractivity contribution < 1.29 is 34.5 Å². The summed E-state index contributed by atoms with van der Waals surface area (Å²) < 4.78 is 0. The minimum absolute atomic E-state index is 0.0369. The number of aliphatic hydroxyl groups excluding tert-OH is 1. The molecule has 1 amide bonds. The van der Waals surface area contributed by atoms with E-state index < -0.39 is 58.0 Å². The smallest absolute Gasteiger partial charge is 0.255 e. The molecule has 2 aromatic rings. The molecule has 41 heavy (non-hydrogen) atoms. The monoisotopic (exact) mass is 559 g/mol. The fraction of sp³-hybridized carbons (Fsp3) is 0.333. The molecule has 0 saturated heterocycles. The van der Waals surface area contributed by atoms with Crippen LogP contribution in [0.5, 0.6) is 5.75 Å². The lowest BCUT2D eigenvalue weighted by Crippen LogP contribution is -2.63. The standard InChI is InChI=1S/C30H29N3O8/c1-4-14-6-5-13(12-34)9-17(14)16-7-8-20(35)22-18(16)10-15-11-19-24(33(2)3)26(37)23(29(31)39)28(38)30(19,40)27(32-41)21(15)25(22)36/h5-9,12,15,19,24,35,37,40H,4,10-11H2,1-3H3,(H2,31,39)/t15-,19-,24-,30-/m0/s1. The number of hydrogen-bond acceptors (Lipinski definition) is 10. The Labute approximate surface area is 234 Å². The van der Waals surface area contributed by atoms with Crippen LogP contribution in [0.4, 0.5) is 0 Å². The fourth-order valence-electron chi connectivity index (χ4n) is 6.85. The molecule has 0 aromatic heterocycles. The van der Waals surface area contributed by atoms with E-state index in [-0.39, 0.29) is 29.7 Å². The number of phenols is 1. The van der Waals surface area contributed by atoms with Crippen molar-refractivity contribution in [3.8, 4) is 16.9 Å². The Bertz CT molecular complexity index is 1620. The van der Waals surface area contributed by atoms with Crippen LogP contribution in [0.1, 0.15) is 45.2 Å². The van der Waals surface area contributed by atoms with Crippen LogP contribution in [-0.2, 0) is 22.4 Å². The summed E-state index contributed by atoms with van der Waals surface area (Å²) in [5.74, 6) is -6.26. The number of amides is 1. The highest BCUT2D eigenvalue weighted by Gasteiger charge is 2.63. The highest BCUT2D eigenvalue weighted by Crippen LogP contribution is 2.54. The second-order valence-electron chi connectivity index (χ2n) is 10.9. The molecule has 0 spiro atoms. The maximum atomic E-state index is 14.1. The summed E-state index contributed by atoms with van der Waals surface area (Å²) in [6.07, 6.45) is 1.43. The van der Waals surface area contributed by atoms with E-state index in [1.54, 1.807) is 32.3 Å². The number of allylic oxidation sites excluding steroid dienone is 1. The van der Waals surface area contributed by atoms with Crippen LogP contribution in [0.3, 0.4) is 0 Å². The molecule has 4 atom stereocenters. The molecule has 2 aromatic carbocycles. The quantitative estimate of drug-likeness (QED) is 0.234. The molecular formula is C30H29N3O8. The Hall–Kier alpha value is -4.48. The minimum Gasteiger partial charge on any atom is -0.510 e. The lowest BCUT2D eigenvalue weighted by molar-refractivity contribution is -0.144. The van der Waals surface area contributed by atoms with E-state index in [4.69, 9.17) is 5.73 Å². The molecule has 5 rings (SSSR count). The molecule has 3 aliphatic carbocycles. The summed E-state index contributed by atoms with van der Waals surface area (Å²) in [6, 6.07) is 7.13. The third-order valence-corrected chi connectivity index (χ3v) is 8.64. The zero-order valence-electron chi connectivity index (χ0n) is 22.7. The summed E-state index contributed by atoms with van der Waals surface area (Å²) in [5.41, 5.74) is 3.88. The summed E-state index contributed by atoms with van der Waals surface area (Å²) in [5, 5.41) is 36.6. The number of hydrogen-bond donors (Lipinski definition) is 4. The summed E-state index contributed by atoms with van der Waals surface area (Å²) in [6.45, 7) is 1.95. The number of nitrogens with two attached hydrogens (primary N) is 1. The molecule has 0 saturated carbocycles. The molecule has 0 bridgehead atoms. The molecule has 0 aliphatic heterocycles. The summed E-state index contributed by atoms with van der Waals surface area (Å²) in [4.78, 5) is 65.2. The van der Waals surface area contributed by atoms with E-state index in [9.17, 15) is 39.4 Å². The number of aldehydes is 1. The molecule has 0 unspecified atom stereocenters. The van der Waals surface area contributed by atoms with E-state index >= 15 is 0 Å². The predicted octanol–water partition coefficient (Wildman–Crippen LogP) is 2.37. The third-order valence-electron chi connectivity index (χ3n) is 8.64. The number of Topliss-reactive ketones (excluding diaryl/α,β-unsaturated/α-hetero) is 2. The van der Waals surface area contributed by atoms with Crippen molar-refractivity contribution in [3.63, 3.8) is 0 Å². The Balaban J connectivity index is 1.78. The number of likely N-dealkylation sites (N-methyl/N-ethyl adjacent to an activating group) is 1. The maximum absolute atomic E-state index is 14.1. The van der Waals surface area contributed by atoms with E-state index in [0.29, 0.717) is 35.0 Å². The first-order valence-corrected chi connectivity index (χ1v) is 13.1. The number of carbonyl (C=O) groups is 4. The van der Waals surface area contributed by atoms with E-state index in [2.05, 4.69) is 5.18 Å². The van der Waals surface area contributed by atoms with Gasteiger partial charge in [0.25, 0.3) is 5.91 Å². The van der Waals surface area contributed by atoms with Gasteiger partial charge in [-0.25, -0.2) is 0 Å². The third kappa shape index (κ3) is 3.87. The van der Waals surface area contributed by atoms with Crippen molar-refractivity contribution in [2.45, 2.75) is 37.8 Å². The molecule has 0 radical (unpaired) electrons. The van der Waals surface area contributed by atoms with Crippen LogP contribution >= 0.6 is 0 Å². The zero-order chi connectivity index (χ0) is 30.0. The van der Waals surface area contributed by atoms with Crippen molar-refractivity contribution in [1.82, 2.24) is 4.90 Å². The van der Waals surface area contributed by atoms with Gasteiger partial charge in [0.05, 0.1) is 11.6 Å². The number of ketones is 2. The number of carbonyl (C=O) groups excluding carboxylic acids is 4. The first kappa shape index (κ1) is 28.1. The summed E-state index contributed by atoms with van der Waals surface area (Å²) >= 11 is 0. The highest BCUT2D eigenvalue weighted by molar-refractivity contribution is 6.25. The second-order valence-corrected chi connectivity index (χ2v) is 10.9. The molecule has 11 nitrogen and oxygen atoms in total. The Kier molecular flexibility index (Phi) is 6.75. The number of primary amides is 1. The van der Waals surface area contributed by atoms with Crippen molar-refractivity contribution in [1.29, 1.82) is 0 Å². The van der Waals surface area contributed by atoms with Crippen LogP contribution in [-0.4, -0.2) is 69.7 Å². The molecule has 5 N–H and O–H groups in total. The van der Waals surface area contributed by atoms with Crippen molar-refractivity contribution in [2.24, 2.45) is 22.7 Å². The first-order valence-electron chi connectivity index (χ1n) is 13.1. The Morgan fingerprint density at radius 1 is 1.17 bits per heavy atom. The van der Waals surface area contributed by atoms with Gasteiger partial charge in [-0.1, -0.05) is 25.1 Å². The summed E-state index contributed by atoms with van der Waals surface area (Å²) in [7, 11) is 3.12. The minimum atomic E-state index is -2.72. The lowest BCUT2D eigenvalue weighted by atomic mass is 9.58. The van der Waals surface area contributed by atoms with Crippen LogP contribution in [0, 0.1) is 16.7 Å². The van der Waals surface area contributed by atoms with Crippen LogP contribution in [0.2, 0.25) is 0 Å². The van der Waals surface area contributed by atoms with Gasteiger partial charge in [-0.3, -0.25) is 24.1 Å². The number of nitrogens with zero attached hydrogens (tertiary/aromatic N) is 2. The van der Waals surface area contributed by atoms with Gasteiger partial charge in [0.1, 0.15) is 29.1 Å². The van der Waals surface area contributed by atoms with Gasteiger partial charge >= 0.3 is 0 Å². The van der Waals surface area contributed by atoms with Gasteiger partial charge in [-0.05, 0) is 78.8 Å². The number of rotatable bonds is 6. The molecule has 0 heterocycles. The highest BCUT2D eigenvalue weighted by atomic mass is 16.3. The van der Waals surface area contributed by atoms with Crippen molar-refractivity contribution in [2.75, 3.05) is 14.1 Å². The average Bonchev–Trinajstić information content (AvgIpc) is 2.92. The van der Waals surface area contributed by atoms with Gasteiger partial charge in [0, 0.05) is 17.1 Å². The van der Waals surface area contributed by atoms with Gasteiger partial charge in [-0.2, -0.15) is 0 Å². The normalized spacial score (nSPS) is 25.5. The van der Waals surface area contributed by atoms with Crippen LogP contribution in [0.15, 0.2) is 58.1 Å².